The Balaban J connectivity index is 1.88. The highest BCUT2D eigenvalue weighted by Gasteiger charge is 2.49. The number of aryl methyl sites for hydroxylation is 1. The van der Waals surface area contributed by atoms with Gasteiger partial charge < -0.3 is 14.7 Å². The van der Waals surface area contributed by atoms with Gasteiger partial charge in [0.1, 0.15) is 19.0 Å². The molecule has 0 unspecified atom stereocenters. The smallest absolute Gasteiger partial charge is 0.329 e. The number of aliphatic carboxylic acids is 1. The van der Waals surface area contributed by atoms with Gasteiger partial charge in [-0.3, -0.25) is 4.79 Å². The molecule has 11 heteroatoms. The second kappa shape index (κ2) is 7.56. The van der Waals surface area contributed by atoms with Gasteiger partial charge in [0.2, 0.25) is 0 Å². The van der Waals surface area contributed by atoms with Gasteiger partial charge in [0.05, 0.1) is 17.5 Å². The van der Waals surface area contributed by atoms with E-state index in [1.165, 1.54) is 6.07 Å². The van der Waals surface area contributed by atoms with Crippen LogP contribution in [0.2, 0.25) is 0 Å². The van der Waals surface area contributed by atoms with E-state index in [9.17, 15) is 22.4 Å². The number of thioether (sulfide) groups is 1. The fourth-order valence-corrected chi connectivity index (χ4v) is 6.89. The van der Waals surface area contributed by atoms with Gasteiger partial charge in [0, 0.05) is 10.9 Å². The summed E-state index contributed by atoms with van der Waals surface area (Å²) in [5.41, 5.74) is 0.853. The van der Waals surface area contributed by atoms with Gasteiger partial charge in [-0.1, -0.05) is 17.8 Å². The number of ether oxygens (including phenoxy) is 1. The van der Waals surface area contributed by atoms with Crippen molar-refractivity contribution in [1.29, 1.82) is 0 Å². The number of sulfone groups is 1. The maximum atomic E-state index is 14.0. The van der Waals surface area contributed by atoms with Gasteiger partial charge in [0.15, 0.2) is 15.0 Å². The lowest BCUT2D eigenvalue weighted by atomic mass is 10.1. The van der Waals surface area contributed by atoms with E-state index in [1.54, 1.807) is 24.0 Å². The molecular weight excluding hydrogens is 399 g/mol. The molecule has 0 aliphatic carbocycles. The number of nitrogens with zero attached hydrogens (tertiary/aromatic N) is 2. The van der Waals surface area contributed by atoms with Crippen LogP contribution in [0.4, 0.5) is 10.1 Å². The minimum Gasteiger partial charge on any atom is -0.480 e. The normalized spacial score (nSPS) is 25.0. The zero-order valence-corrected chi connectivity index (χ0v) is 15.9. The van der Waals surface area contributed by atoms with Crippen LogP contribution < -0.4 is 4.90 Å². The van der Waals surface area contributed by atoms with E-state index in [0.29, 0.717) is 11.3 Å². The quantitative estimate of drug-likeness (QED) is 0.751. The first-order valence-electron chi connectivity index (χ1n) is 8.00. The average molecular weight is 416 g/mol. The second-order valence-corrected chi connectivity index (χ2v) is 9.64. The molecule has 2 heterocycles. The molecule has 2 saturated heterocycles. The Hall–Kier alpha value is -1.98. The Kier molecular flexibility index (Phi) is 5.54. The van der Waals surface area contributed by atoms with Crippen molar-refractivity contribution in [2.24, 2.45) is 4.99 Å². The number of amides is 1. The molecule has 2 aliphatic heterocycles. The third kappa shape index (κ3) is 4.47. The Morgan fingerprint density at radius 2 is 2.11 bits per heavy atom. The largest absolute Gasteiger partial charge is 0.480 e. The van der Waals surface area contributed by atoms with Crippen molar-refractivity contribution in [1.82, 2.24) is 0 Å². The number of halogens is 1. The van der Waals surface area contributed by atoms with Crippen LogP contribution in [0.1, 0.15) is 5.56 Å². The molecule has 0 spiro atoms. The van der Waals surface area contributed by atoms with E-state index in [1.807, 2.05) is 0 Å². The average Bonchev–Trinajstić information content (AvgIpc) is 3.00. The molecule has 1 aromatic rings. The topological polar surface area (TPSA) is 113 Å². The van der Waals surface area contributed by atoms with Crippen LogP contribution in [0.25, 0.3) is 0 Å². The molecule has 146 valence electrons. The molecule has 1 N–H and O–H groups in total. The number of carboxylic acid groups (broad SMARTS) is 1. The van der Waals surface area contributed by atoms with Gasteiger partial charge in [-0.05, 0) is 24.6 Å². The molecule has 27 heavy (non-hydrogen) atoms. The predicted octanol–water partition coefficient (Wildman–Crippen LogP) is 0.837. The molecule has 2 fully saturated rings. The molecule has 2 atom stereocenters. The third-order valence-electron chi connectivity index (χ3n) is 4.17. The van der Waals surface area contributed by atoms with Crippen LogP contribution in [0.15, 0.2) is 23.2 Å². The Labute approximate surface area is 159 Å². The van der Waals surface area contributed by atoms with Crippen LogP contribution in [-0.2, 0) is 24.2 Å². The third-order valence-corrected chi connectivity index (χ3v) is 7.38. The number of fused-ring (bicyclic) bond motifs is 1. The molecule has 1 aromatic carbocycles. The lowest BCUT2D eigenvalue weighted by Crippen LogP contribution is -2.38. The lowest BCUT2D eigenvalue weighted by molar-refractivity contribution is -0.143. The highest BCUT2D eigenvalue weighted by Crippen LogP contribution is 2.41. The van der Waals surface area contributed by atoms with Crippen molar-refractivity contribution in [2.75, 3.05) is 29.6 Å². The molecule has 3 rings (SSSR count). The van der Waals surface area contributed by atoms with Crippen molar-refractivity contribution >= 4 is 44.3 Å². The number of carbonyl (C=O) groups excluding carboxylic acids is 1. The van der Waals surface area contributed by atoms with Crippen LogP contribution in [0.3, 0.4) is 0 Å². The summed E-state index contributed by atoms with van der Waals surface area (Å²) in [6.45, 7) is 0.471. The number of hydrogen-bond donors (Lipinski definition) is 1. The van der Waals surface area contributed by atoms with Gasteiger partial charge in [0.25, 0.3) is 5.91 Å². The van der Waals surface area contributed by atoms with Crippen molar-refractivity contribution in [3.63, 3.8) is 0 Å². The molecule has 0 bridgehead atoms. The lowest BCUT2D eigenvalue weighted by Gasteiger charge is -2.24. The molecule has 8 nitrogen and oxygen atoms in total. The fourth-order valence-electron chi connectivity index (χ4n) is 2.96. The van der Waals surface area contributed by atoms with Crippen LogP contribution >= 0.6 is 11.8 Å². The van der Waals surface area contributed by atoms with Gasteiger partial charge >= 0.3 is 5.97 Å². The number of carboxylic acids is 1. The summed E-state index contributed by atoms with van der Waals surface area (Å²) in [5.74, 6) is -2.50. The Bertz CT molecular complexity index is 917. The van der Waals surface area contributed by atoms with E-state index >= 15 is 0 Å². The minimum absolute atomic E-state index is 0.0457. The molecule has 0 radical (unpaired) electrons. The number of amidine groups is 1. The molecular formula is C16H17FN2O6S2. The monoisotopic (exact) mass is 416 g/mol. The summed E-state index contributed by atoms with van der Waals surface area (Å²) in [5, 5.41) is 8.47. The SMILES string of the molecule is Cc1ccc(N2C(=NC(=O)COCC(=O)O)S[C@H]3CS(=O)(=O)C[C@@H]32)cc1F. The highest BCUT2D eigenvalue weighted by molar-refractivity contribution is 8.16. The van der Waals surface area contributed by atoms with Gasteiger partial charge in [-0.25, -0.2) is 17.6 Å². The summed E-state index contributed by atoms with van der Waals surface area (Å²) in [6, 6.07) is 4.05. The summed E-state index contributed by atoms with van der Waals surface area (Å²) >= 11 is 1.15. The fraction of sp³-hybridized carbons (Fsp3) is 0.438. The van der Waals surface area contributed by atoms with Crippen LogP contribution in [0, 0.1) is 12.7 Å². The number of carbonyl (C=O) groups is 2. The van der Waals surface area contributed by atoms with Crippen LogP contribution in [-0.4, -0.2) is 66.6 Å². The number of hydrogen-bond acceptors (Lipinski definition) is 6. The standard InChI is InChI=1S/C16H17FN2O6S2/c1-9-2-3-10(4-11(9)17)19-12-7-27(23,24)8-13(12)26-16(19)18-14(20)5-25-6-15(21)22/h2-4,12-13H,5-8H2,1H3,(H,21,22)/t12-,13-/m0/s1. The van der Waals surface area contributed by atoms with Crippen molar-refractivity contribution in [2.45, 2.75) is 18.2 Å². The van der Waals surface area contributed by atoms with Crippen molar-refractivity contribution in [3.05, 3.63) is 29.6 Å². The van der Waals surface area contributed by atoms with E-state index in [-0.39, 0.29) is 21.9 Å². The summed E-state index contributed by atoms with van der Waals surface area (Å²) < 4.78 is 42.7. The van der Waals surface area contributed by atoms with Crippen molar-refractivity contribution in [3.8, 4) is 0 Å². The minimum atomic E-state index is -3.23. The second-order valence-electron chi connectivity index (χ2n) is 6.28. The Morgan fingerprint density at radius 1 is 1.37 bits per heavy atom. The number of rotatable bonds is 5. The zero-order valence-electron chi connectivity index (χ0n) is 14.3. The molecule has 2 aliphatic rings. The number of anilines is 1. The number of benzene rings is 1. The van der Waals surface area contributed by atoms with Gasteiger partial charge in [-0.2, -0.15) is 4.99 Å². The first-order valence-corrected chi connectivity index (χ1v) is 10.7. The first kappa shape index (κ1) is 19.8. The first-order chi connectivity index (χ1) is 12.7. The molecule has 1 amide bonds. The maximum absolute atomic E-state index is 14.0. The van der Waals surface area contributed by atoms with E-state index in [0.717, 1.165) is 11.8 Å². The van der Waals surface area contributed by atoms with Crippen LogP contribution in [0.5, 0.6) is 0 Å². The van der Waals surface area contributed by atoms with E-state index < -0.39 is 46.8 Å². The van der Waals surface area contributed by atoms with E-state index in [4.69, 9.17) is 9.84 Å². The summed E-state index contributed by atoms with van der Waals surface area (Å²) in [6.07, 6.45) is 0. The maximum Gasteiger partial charge on any atom is 0.329 e. The predicted molar refractivity (Wildman–Crippen MR) is 98.3 cm³/mol. The van der Waals surface area contributed by atoms with Crippen molar-refractivity contribution < 1.29 is 32.2 Å². The molecule has 0 aromatic heterocycles. The molecule has 0 saturated carbocycles. The zero-order chi connectivity index (χ0) is 19.8. The summed E-state index contributed by atoms with van der Waals surface area (Å²) in [4.78, 5) is 27.9. The van der Waals surface area contributed by atoms with Gasteiger partial charge in [-0.15, -0.1) is 0 Å². The highest BCUT2D eigenvalue weighted by atomic mass is 32.2. The number of aliphatic imine (C=N–C) groups is 1. The summed E-state index contributed by atoms with van der Waals surface area (Å²) in [7, 11) is -3.23. The Morgan fingerprint density at radius 3 is 2.78 bits per heavy atom. The van der Waals surface area contributed by atoms with E-state index in [2.05, 4.69) is 4.99 Å².